The third-order valence-electron chi connectivity index (χ3n) is 3.88. The van der Waals surface area contributed by atoms with E-state index in [1.807, 2.05) is 12.1 Å². The van der Waals surface area contributed by atoms with Crippen molar-refractivity contribution >= 4 is 7.82 Å². The quantitative estimate of drug-likeness (QED) is 0.543. The van der Waals surface area contributed by atoms with Crippen LogP contribution in [0.1, 0.15) is 49.1 Å². The van der Waals surface area contributed by atoms with Crippen LogP contribution >= 0.6 is 7.82 Å². The van der Waals surface area contributed by atoms with Gasteiger partial charge in [-0.3, -0.25) is 4.57 Å². The Morgan fingerprint density at radius 3 is 2.35 bits per heavy atom. The topological polar surface area (TPSA) is 58.6 Å². The Bertz CT molecular complexity index is 539. The van der Waals surface area contributed by atoms with E-state index in [-0.39, 0.29) is 13.0 Å². The molecule has 0 heterocycles. The van der Waals surface area contributed by atoms with Crippen LogP contribution < -0.4 is 4.89 Å². The lowest BCUT2D eigenvalue weighted by Crippen LogP contribution is -2.19. The number of halogens is 3. The Morgan fingerprint density at radius 2 is 1.78 bits per heavy atom. The van der Waals surface area contributed by atoms with Crippen LogP contribution in [0.15, 0.2) is 24.3 Å². The van der Waals surface area contributed by atoms with E-state index in [1.54, 1.807) is 0 Å². The zero-order valence-electron chi connectivity index (χ0n) is 12.6. The van der Waals surface area contributed by atoms with E-state index in [4.69, 9.17) is 0 Å². The van der Waals surface area contributed by atoms with Crippen LogP contribution in [0, 0.1) is 0 Å². The van der Waals surface area contributed by atoms with Crippen LogP contribution in [0.2, 0.25) is 0 Å². The van der Waals surface area contributed by atoms with E-state index < -0.39 is 14.2 Å². The number of phosphoric acid groups is 1. The van der Waals surface area contributed by atoms with Gasteiger partial charge in [-0.2, -0.15) is 0 Å². The lowest BCUT2D eigenvalue weighted by atomic mass is 9.96. The maximum Gasteiger partial charge on any atom is 0.528 e. The Labute approximate surface area is 133 Å². The summed E-state index contributed by atoms with van der Waals surface area (Å²) in [4.78, 5) is 10.9. The molecule has 0 bridgehead atoms. The first-order chi connectivity index (χ1) is 10.8. The van der Waals surface area contributed by atoms with Crippen LogP contribution in [-0.2, 0) is 20.0 Å². The summed E-state index contributed by atoms with van der Waals surface area (Å²) >= 11 is 0. The second-order valence-electron chi connectivity index (χ2n) is 5.64. The first kappa shape index (κ1) is 18.5. The first-order valence-electron chi connectivity index (χ1n) is 7.57. The van der Waals surface area contributed by atoms with Crippen molar-refractivity contribution in [2.45, 2.75) is 50.8 Å². The van der Waals surface area contributed by atoms with Gasteiger partial charge in [0, 0.05) is 0 Å². The Kier molecular flexibility index (Phi) is 6.26. The predicted molar refractivity (Wildman–Crippen MR) is 76.7 cm³/mol. The lowest BCUT2D eigenvalue weighted by molar-refractivity contribution is -0.322. The van der Waals surface area contributed by atoms with Gasteiger partial charge in [-0.15, -0.1) is 13.2 Å². The number of aryl methyl sites for hydroxylation is 1. The van der Waals surface area contributed by atoms with Crippen molar-refractivity contribution in [3.8, 4) is 0 Å². The van der Waals surface area contributed by atoms with Gasteiger partial charge >= 0.3 is 6.36 Å². The summed E-state index contributed by atoms with van der Waals surface area (Å²) in [5.41, 5.74) is 2.30. The minimum atomic E-state index is -5.33. The van der Waals surface area contributed by atoms with E-state index in [0.717, 1.165) is 5.56 Å². The molecule has 2 rings (SSSR count). The average molecular weight is 351 g/mol. The molecule has 1 saturated carbocycles. The molecule has 0 spiro atoms. The molecule has 8 heteroatoms. The number of phosphoric ester groups is 1. The molecule has 1 aliphatic rings. The van der Waals surface area contributed by atoms with Gasteiger partial charge in [-0.1, -0.05) is 37.1 Å². The molecule has 0 aromatic heterocycles. The van der Waals surface area contributed by atoms with Crippen molar-refractivity contribution in [1.82, 2.24) is 0 Å². The van der Waals surface area contributed by atoms with Gasteiger partial charge in [-0.05, 0) is 42.7 Å². The van der Waals surface area contributed by atoms with Crippen molar-refractivity contribution in [1.29, 1.82) is 0 Å². The lowest BCUT2D eigenvalue weighted by Gasteiger charge is -2.23. The van der Waals surface area contributed by atoms with Crippen LogP contribution in [-0.4, -0.2) is 13.0 Å². The summed E-state index contributed by atoms with van der Waals surface area (Å²) in [6.07, 6.45) is 0.509. The van der Waals surface area contributed by atoms with Crippen LogP contribution in [0.5, 0.6) is 0 Å². The van der Waals surface area contributed by atoms with Gasteiger partial charge in [0.15, 0.2) is 0 Å². The van der Waals surface area contributed by atoms with Gasteiger partial charge < -0.3 is 9.42 Å². The Morgan fingerprint density at radius 1 is 1.17 bits per heavy atom. The largest absolute Gasteiger partial charge is 0.756 e. The first-order valence-corrected chi connectivity index (χ1v) is 9.03. The molecule has 4 nitrogen and oxygen atoms in total. The van der Waals surface area contributed by atoms with Crippen molar-refractivity contribution < 1.29 is 31.7 Å². The highest BCUT2D eigenvalue weighted by molar-refractivity contribution is 7.45. The average Bonchev–Trinajstić information content (AvgIpc) is 2.96. The van der Waals surface area contributed by atoms with Crippen LogP contribution in [0.3, 0.4) is 0 Å². The summed E-state index contributed by atoms with van der Waals surface area (Å²) in [5, 5.41) is 0. The van der Waals surface area contributed by atoms with Gasteiger partial charge in [0.05, 0.1) is 6.61 Å². The molecule has 1 atom stereocenters. The molecule has 0 N–H and O–H groups in total. The highest BCUT2D eigenvalue weighted by Crippen LogP contribution is 2.44. The van der Waals surface area contributed by atoms with Gasteiger partial charge in [0.1, 0.15) is 0 Å². The van der Waals surface area contributed by atoms with Crippen molar-refractivity contribution in [3.05, 3.63) is 35.4 Å². The molecule has 1 unspecified atom stereocenters. The molecule has 23 heavy (non-hydrogen) atoms. The number of benzene rings is 1. The summed E-state index contributed by atoms with van der Waals surface area (Å²) in [6, 6.07) is 8.07. The second-order valence-corrected chi connectivity index (χ2v) is 6.98. The summed E-state index contributed by atoms with van der Waals surface area (Å²) < 4.78 is 53.5. The number of hydrogen-bond donors (Lipinski definition) is 0. The Hall–Kier alpha value is -0.880. The highest BCUT2D eigenvalue weighted by Gasteiger charge is 2.35. The van der Waals surface area contributed by atoms with E-state index in [0.29, 0.717) is 12.3 Å². The maximum atomic E-state index is 11.8. The molecule has 1 aromatic carbocycles. The zero-order valence-corrected chi connectivity index (χ0v) is 13.4. The molecule has 1 aliphatic carbocycles. The molecular weight excluding hydrogens is 332 g/mol. The van der Waals surface area contributed by atoms with E-state index >= 15 is 0 Å². The van der Waals surface area contributed by atoms with Gasteiger partial charge in [0.2, 0.25) is 0 Å². The van der Waals surface area contributed by atoms with Crippen molar-refractivity contribution in [2.24, 2.45) is 0 Å². The maximum absolute atomic E-state index is 11.8. The van der Waals surface area contributed by atoms with Gasteiger partial charge in [-0.25, -0.2) is 4.52 Å². The Balaban J connectivity index is 1.73. The van der Waals surface area contributed by atoms with E-state index in [1.165, 1.54) is 31.2 Å². The molecule has 0 radical (unpaired) electrons. The molecule has 1 aromatic rings. The molecular formula is C15H19F3O4P-. The minimum Gasteiger partial charge on any atom is -0.756 e. The predicted octanol–water partition coefficient (Wildman–Crippen LogP) is 4.30. The summed E-state index contributed by atoms with van der Waals surface area (Å²) in [6.45, 7) is -0.346. The minimum absolute atomic E-state index is 0.288. The molecule has 0 saturated heterocycles. The van der Waals surface area contributed by atoms with E-state index in [9.17, 15) is 22.6 Å². The molecule has 0 aliphatic heterocycles. The van der Waals surface area contributed by atoms with Crippen molar-refractivity contribution in [3.63, 3.8) is 0 Å². The summed E-state index contributed by atoms with van der Waals surface area (Å²) in [5.74, 6) is 0.623. The smallest absolute Gasteiger partial charge is 0.528 e. The monoisotopic (exact) mass is 351 g/mol. The van der Waals surface area contributed by atoms with Gasteiger partial charge in [0.25, 0.3) is 7.82 Å². The third kappa shape index (κ3) is 6.63. The van der Waals surface area contributed by atoms with Crippen molar-refractivity contribution in [2.75, 3.05) is 6.61 Å². The fourth-order valence-electron chi connectivity index (χ4n) is 2.82. The van der Waals surface area contributed by atoms with E-state index in [2.05, 4.69) is 21.2 Å². The van der Waals surface area contributed by atoms with Crippen LogP contribution in [0.25, 0.3) is 0 Å². The molecule has 130 valence electrons. The number of rotatable bonds is 7. The number of alkyl halides is 3. The normalized spacial score (nSPS) is 19.0. The molecule has 0 amide bonds. The standard InChI is InChI=1S/C15H20F3O4P/c16-15(17,18)22-23(19,20)21-11-3-4-12-7-9-14(10-8-12)13-5-1-2-6-13/h7-10,13H,1-6,11H2,(H,19,20)/p-1. The molecule has 1 fully saturated rings. The zero-order chi connectivity index (χ0) is 16.9. The fraction of sp³-hybridized carbons (Fsp3) is 0.600. The SMILES string of the molecule is O=P([O-])(OCCCc1ccc(C2CCCC2)cc1)OC(F)(F)F. The number of hydrogen-bond acceptors (Lipinski definition) is 4. The second kappa shape index (κ2) is 7.79. The highest BCUT2D eigenvalue weighted by atomic mass is 31.2. The third-order valence-corrected chi connectivity index (χ3v) is 4.81. The fourth-order valence-corrected chi connectivity index (χ4v) is 3.48. The summed E-state index contributed by atoms with van der Waals surface area (Å²) in [7, 11) is -5.33. The van der Waals surface area contributed by atoms with Crippen LogP contribution in [0.4, 0.5) is 13.2 Å².